The van der Waals surface area contributed by atoms with Crippen molar-refractivity contribution in [1.82, 2.24) is 4.98 Å². The van der Waals surface area contributed by atoms with Crippen molar-refractivity contribution >= 4 is 38.3 Å². The molecule has 144 valence electrons. The van der Waals surface area contributed by atoms with Crippen molar-refractivity contribution in [3.63, 3.8) is 0 Å². The lowest BCUT2D eigenvalue weighted by molar-refractivity contribution is -0.384. The fraction of sp³-hybridized carbons (Fsp3) is 0.0476. The molecule has 1 aromatic heterocycles. The van der Waals surface area contributed by atoms with Crippen LogP contribution in [0.3, 0.4) is 0 Å². The maximum atomic E-state index is 12.3. The Morgan fingerprint density at radius 3 is 2.62 bits per heavy atom. The van der Waals surface area contributed by atoms with Gasteiger partial charge in [-0.2, -0.15) is 0 Å². The molecule has 0 saturated heterocycles. The van der Waals surface area contributed by atoms with Crippen LogP contribution in [0.2, 0.25) is 0 Å². The third-order valence-corrected chi connectivity index (χ3v) is 5.09. The molecule has 0 aliphatic heterocycles. The molecular formula is C21H15N3O4S. The van der Waals surface area contributed by atoms with Crippen molar-refractivity contribution in [3.05, 3.63) is 82.9 Å². The number of nitrogens with one attached hydrogen (secondary N) is 1. The highest BCUT2D eigenvalue weighted by Crippen LogP contribution is 2.30. The molecule has 8 heteroatoms. The molecule has 0 atom stereocenters. The first-order valence-electron chi connectivity index (χ1n) is 8.72. The van der Waals surface area contributed by atoms with Crippen molar-refractivity contribution in [2.45, 2.75) is 0 Å². The van der Waals surface area contributed by atoms with Crippen molar-refractivity contribution in [3.8, 4) is 16.9 Å². The Balaban J connectivity index is 1.45. The molecule has 1 amide bonds. The SMILES string of the molecule is O=C(COc1ccccc1-c1ccccc1)Nc1nc2ccc([N+](=O)[O-])cc2s1. The fourth-order valence-corrected chi connectivity index (χ4v) is 3.74. The number of benzene rings is 3. The molecular weight excluding hydrogens is 390 g/mol. The summed E-state index contributed by atoms with van der Waals surface area (Å²) in [5.74, 6) is 0.246. The molecule has 1 heterocycles. The van der Waals surface area contributed by atoms with E-state index >= 15 is 0 Å². The van der Waals surface area contributed by atoms with Crippen LogP contribution in [0.25, 0.3) is 21.3 Å². The molecule has 0 radical (unpaired) electrons. The van der Waals surface area contributed by atoms with Gasteiger partial charge in [-0.05, 0) is 17.7 Å². The minimum atomic E-state index is -0.463. The van der Waals surface area contributed by atoms with Gasteiger partial charge in [-0.1, -0.05) is 59.9 Å². The molecule has 4 aromatic rings. The second-order valence-corrected chi connectivity index (χ2v) is 7.16. The minimum absolute atomic E-state index is 0.0140. The maximum absolute atomic E-state index is 12.3. The van der Waals surface area contributed by atoms with Gasteiger partial charge in [-0.25, -0.2) is 4.98 Å². The van der Waals surface area contributed by atoms with E-state index in [9.17, 15) is 14.9 Å². The number of anilines is 1. The van der Waals surface area contributed by atoms with Gasteiger partial charge in [-0.15, -0.1) is 0 Å². The summed E-state index contributed by atoms with van der Waals surface area (Å²) in [5.41, 5.74) is 2.47. The van der Waals surface area contributed by atoms with Gasteiger partial charge in [0.15, 0.2) is 11.7 Å². The zero-order valence-corrected chi connectivity index (χ0v) is 15.9. The molecule has 0 bridgehead atoms. The summed E-state index contributed by atoms with van der Waals surface area (Å²) in [6.07, 6.45) is 0. The Morgan fingerprint density at radius 1 is 1.07 bits per heavy atom. The molecule has 0 fully saturated rings. The van der Waals surface area contributed by atoms with Gasteiger partial charge in [0.1, 0.15) is 5.75 Å². The number of carbonyl (C=O) groups excluding carboxylic acids is 1. The first-order chi connectivity index (χ1) is 14.1. The molecule has 3 aromatic carbocycles. The van der Waals surface area contributed by atoms with E-state index in [1.54, 1.807) is 6.07 Å². The van der Waals surface area contributed by atoms with Crippen LogP contribution in [0.5, 0.6) is 5.75 Å². The van der Waals surface area contributed by atoms with E-state index in [1.165, 1.54) is 23.5 Å². The van der Waals surface area contributed by atoms with E-state index in [-0.39, 0.29) is 18.2 Å². The van der Waals surface area contributed by atoms with Gasteiger partial charge in [0.2, 0.25) is 0 Å². The molecule has 0 aliphatic rings. The number of nitro benzene ring substituents is 1. The van der Waals surface area contributed by atoms with E-state index in [1.807, 2.05) is 54.6 Å². The van der Waals surface area contributed by atoms with Gasteiger partial charge in [-0.3, -0.25) is 20.2 Å². The number of thiazole rings is 1. The Hall–Kier alpha value is -3.78. The highest BCUT2D eigenvalue weighted by Gasteiger charge is 2.13. The summed E-state index contributed by atoms with van der Waals surface area (Å²) in [4.78, 5) is 27.0. The predicted octanol–water partition coefficient (Wildman–Crippen LogP) is 4.89. The van der Waals surface area contributed by atoms with E-state index < -0.39 is 4.92 Å². The smallest absolute Gasteiger partial charge is 0.270 e. The number of rotatable bonds is 6. The number of aromatic nitrogens is 1. The molecule has 0 saturated carbocycles. The normalized spacial score (nSPS) is 10.6. The highest BCUT2D eigenvalue weighted by molar-refractivity contribution is 7.22. The van der Waals surface area contributed by atoms with Crippen LogP contribution in [0.4, 0.5) is 10.8 Å². The number of amides is 1. The number of nitro groups is 1. The van der Waals surface area contributed by atoms with Crippen LogP contribution in [-0.4, -0.2) is 22.4 Å². The zero-order valence-electron chi connectivity index (χ0n) is 15.1. The standard InChI is InChI=1S/C21H15N3O4S/c25-20(23-21-22-17-11-10-15(24(26)27)12-19(17)29-21)13-28-18-9-5-4-8-16(18)14-6-2-1-3-7-14/h1-12H,13H2,(H,22,23,25). The van der Waals surface area contributed by atoms with Crippen molar-refractivity contribution in [1.29, 1.82) is 0 Å². The second-order valence-electron chi connectivity index (χ2n) is 6.13. The van der Waals surface area contributed by atoms with E-state index in [2.05, 4.69) is 10.3 Å². The summed E-state index contributed by atoms with van der Waals surface area (Å²) in [6, 6.07) is 21.7. The summed E-state index contributed by atoms with van der Waals surface area (Å²) < 4.78 is 6.36. The van der Waals surface area contributed by atoms with Gasteiger partial charge in [0.25, 0.3) is 11.6 Å². The van der Waals surface area contributed by atoms with Gasteiger partial charge < -0.3 is 4.74 Å². The minimum Gasteiger partial charge on any atom is -0.483 e. The molecule has 7 nitrogen and oxygen atoms in total. The van der Waals surface area contributed by atoms with Crippen LogP contribution in [0, 0.1) is 10.1 Å². The van der Waals surface area contributed by atoms with E-state index in [0.29, 0.717) is 21.1 Å². The average molecular weight is 405 g/mol. The number of carbonyl (C=O) groups is 1. The summed E-state index contributed by atoms with van der Waals surface area (Å²) >= 11 is 1.18. The Morgan fingerprint density at radius 2 is 1.83 bits per heavy atom. The van der Waals surface area contributed by atoms with Crippen LogP contribution < -0.4 is 10.1 Å². The topological polar surface area (TPSA) is 94.4 Å². The van der Waals surface area contributed by atoms with Crippen LogP contribution >= 0.6 is 11.3 Å². The van der Waals surface area contributed by atoms with Crippen LogP contribution in [-0.2, 0) is 4.79 Å². The van der Waals surface area contributed by atoms with E-state index in [0.717, 1.165) is 11.1 Å². The van der Waals surface area contributed by atoms with Crippen molar-refractivity contribution in [2.75, 3.05) is 11.9 Å². The van der Waals surface area contributed by atoms with Gasteiger partial charge in [0.05, 0.1) is 15.1 Å². The predicted molar refractivity (Wildman–Crippen MR) is 112 cm³/mol. The lowest BCUT2D eigenvalue weighted by Gasteiger charge is -2.11. The molecule has 0 spiro atoms. The zero-order chi connectivity index (χ0) is 20.2. The number of hydrogen-bond donors (Lipinski definition) is 1. The van der Waals surface area contributed by atoms with E-state index in [4.69, 9.17) is 4.74 Å². The van der Waals surface area contributed by atoms with Crippen molar-refractivity contribution in [2.24, 2.45) is 0 Å². The summed E-state index contributed by atoms with van der Waals surface area (Å²) in [7, 11) is 0. The Kier molecular flexibility index (Phi) is 5.17. The fourth-order valence-electron chi connectivity index (χ4n) is 2.83. The lowest BCUT2D eigenvalue weighted by Crippen LogP contribution is -2.20. The average Bonchev–Trinajstić information content (AvgIpc) is 3.14. The largest absolute Gasteiger partial charge is 0.483 e. The van der Waals surface area contributed by atoms with Crippen LogP contribution in [0.15, 0.2) is 72.8 Å². The number of nitrogens with zero attached hydrogens (tertiary/aromatic N) is 2. The Bertz CT molecular complexity index is 1190. The third kappa shape index (κ3) is 4.22. The summed E-state index contributed by atoms with van der Waals surface area (Å²) in [5, 5.41) is 13.9. The summed E-state index contributed by atoms with van der Waals surface area (Å²) in [6.45, 7) is -0.181. The number of para-hydroxylation sites is 1. The molecule has 0 unspecified atom stereocenters. The number of fused-ring (bicyclic) bond motifs is 1. The Labute approximate surface area is 169 Å². The van der Waals surface area contributed by atoms with Gasteiger partial charge >= 0.3 is 0 Å². The second kappa shape index (κ2) is 8.07. The number of ether oxygens (including phenoxy) is 1. The van der Waals surface area contributed by atoms with Gasteiger partial charge in [0, 0.05) is 17.7 Å². The van der Waals surface area contributed by atoms with Crippen LogP contribution in [0.1, 0.15) is 0 Å². The first-order valence-corrected chi connectivity index (χ1v) is 9.54. The maximum Gasteiger partial charge on any atom is 0.270 e. The molecule has 4 rings (SSSR count). The molecule has 29 heavy (non-hydrogen) atoms. The first kappa shape index (κ1) is 18.6. The third-order valence-electron chi connectivity index (χ3n) is 4.16. The molecule has 0 aliphatic carbocycles. The number of non-ortho nitro benzene ring substituents is 1. The van der Waals surface area contributed by atoms with Crippen molar-refractivity contribution < 1.29 is 14.5 Å². The highest BCUT2D eigenvalue weighted by atomic mass is 32.1. The molecule has 1 N–H and O–H groups in total. The quantitative estimate of drug-likeness (QED) is 0.364. The lowest BCUT2D eigenvalue weighted by atomic mass is 10.1. The monoisotopic (exact) mass is 405 g/mol. The number of hydrogen-bond acceptors (Lipinski definition) is 6.